The zero-order valence-corrected chi connectivity index (χ0v) is 19.2. The molecule has 1 saturated heterocycles. The van der Waals surface area contributed by atoms with Gasteiger partial charge in [-0.2, -0.15) is 5.10 Å². The number of ether oxygens (including phenoxy) is 1. The third kappa shape index (κ3) is 4.42. The van der Waals surface area contributed by atoms with Crippen LogP contribution in [0.4, 0.5) is 5.95 Å². The van der Waals surface area contributed by atoms with Crippen LogP contribution in [0.3, 0.4) is 0 Å². The third-order valence-electron chi connectivity index (χ3n) is 6.25. The van der Waals surface area contributed by atoms with E-state index in [1.165, 1.54) is 24.1 Å². The van der Waals surface area contributed by atoms with Crippen molar-refractivity contribution in [1.29, 1.82) is 0 Å². The zero-order valence-electron chi connectivity index (χ0n) is 19.2. The summed E-state index contributed by atoms with van der Waals surface area (Å²) in [7, 11) is 7.67. The fraction of sp³-hybridized carbons (Fsp3) is 0.458. The SMILES string of the molecule is COc1ccc(-c2cnc(N(C)C)nc2[C@H]2CCCCN2Cc2cnn(C)c2C)cc1. The number of hydrogen-bond acceptors (Lipinski definition) is 6. The Morgan fingerprint density at radius 3 is 2.55 bits per heavy atom. The van der Waals surface area contributed by atoms with Crippen LogP contribution in [0.15, 0.2) is 36.7 Å². The van der Waals surface area contributed by atoms with Crippen LogP contribution < -0.4 is 9.64 Å². The lowest BCUT2D eigenvalue weighted by atomic mass is 9.93. The number of aryl methyl sites for hydroxylation is 1. The minimum Gasteiger partial charge on any atom is -0.497 e. The molecule has 3 aromatic rings. The molecule has 0 radical (unpaired) electrons. The molecule has 164 valence electrons. The van der Waals surface area contributed by atoms with E-state index in [1.54, 1.807) is 7.11 Å². The number of aromatic nitrogens is 4. The molecule has 0 amide bonds. The second-order valence-corrected chi connectivity index (χ2v) is 8.45. The van der Waals surface area contributed by atoms with Gasteiger partial charge in [-0.1, -0.05) is 18.6 Å². The van der Waals surface area contributed by atoms with Crippen LogP contribution in [0.1, 0.15) is 42.3 Å². The summed E-state index contributed by atoms with van der Waals surface area (Å²) >= 11 is 0. The lowest BCUT2D eigenvalue weighted by molar-refractivity contribution is 0.137. The van der Waals surface area contributed by atoms with E-state index in [4.69, 9.17) is 9.72 Å². The summed E-state index contributed by atoms with van der Waals surface area (Å²) in [4.78, 5) is 14.2. The third-order valence-corrected chi connectivity index (χ3v) is 6.25. The van der Waals surface area contributed by atoms with Gasteiger partial charge in [0.05, 0.1) is 25.0 Å². The quantitative estimate of drug-likeness (QED) is 0.601. The second kappa shape index (κ2) is 9.06. The summed E-state index contributed by atoms with van der Waals surface area (Å²) in [5, 5.41) is 4.44. The highest BCUT2D eigenvalue weighted by atomic mass is 16.5. The molecule has 0 saturated carbocycles. The summed E-state index contributed by atoms with van der Waals surface area (Å²) in [5.74, 6) is 1.60. The van der Waals surface area contributed by atoms with Crippen LogP contribution in [0.2, 0.25) is 0 Å². The minimum absolute atomic E-state index is 0.243. The Balaban J connectivity index is 1.75. The Morgan fingerprint density at radius 2 is 1.90 bits per heavy atom. The van der Waals surface area contributed by atoms with Crippen molar-refractivity contribution >= 4 is 5.95 Å². The van der Waals surface area contributed by atoms with E-state index in [9.17, 15) is 0 Å². The van der Waals surface area contributed by atoms with Gasteiger partial charge >= 0.3 is 0 Å². The van der Waals surface area contributed by atoms with E-state index in [0.717, 1.165) is 48.0 Å². The van der Waals surface area contributed by atoms with Gasteiger partial charge in [-0.25, -0.2) is 9.97 Å². The van der Waals surface area contributed by atoms with E-state index in [1.807, 2.05) is 55.3 Å². The van der Waals surface area contributed by atoms with Crippen LogP contribution in [-0.2, 0) is 13.6 Å². The number of anilines is 1. The maximum absolute atomic E-state index is 5.34. The molecule has 0 spiro atoms. The van der Waals surface area contributed by atoms with Crippen molar-refractivity contribution < 1.29 is 4.74 Å². The fourth-order valence-corrected chi connectivity index (χ4v) is 4.26. The number of likely N-dealkylation sites (tertiary alicyclic amines) is 1. The van der Waals surface area contributed by atoms with Crippen LogP contribution in [0.5, 0.6) is 5.75 Å². The summed E-state index contributed by atoms with van der Waals surface area (Å²) in [5.41, 5.74) is 5.81. The Hall–Kier alpha value is -2.93. The number of rotatable bonds is 6. The normalized spacial score (nSPS) is 17.0. The van der Waals surface area contributed by atoms with Crippen molar-refractivity contribution in [2.75, 3.05) is 32.6 Å². The van der Waals surface area contributed by atoms with Gasteiger partial charge in [0.2, 0.25) is 5.95 Å². The van der Waals surface area contributed by atoms with Gasteiger partial charge in [-0.05, 0) is 44.0 Å². The number of piperidine rings is 1. The lowest BCUT2D eigenvalue weighted by Gasteiger charge is -2.36. The molecule has 0 N–H and O–H groups in total. The van der Waals surface area contributed by atoms with Gasteiger partial charge in [-0.3, -0.25) is 9.58 Å². The first-order valence-electron chi connectivity index (χ1n) is 10.9. The second-order valence-electron chi connectivity index (χ2n) is 8.45. The average Bonchev–Trinajstić information content (AvgIpc) is 3.11. The van der Waals surface area contributed by atoms with Crippen molar-refractivity contribution in [2.24, 2.45) is 7.05 Å². The maximum atomic E-state index is 5.34. The van der Waals surface area contributed by atoms with Gasteiger partial charge < -0.3 is 9.64 Å². The molecule has 4 rings (SSSR count). The fourth-order valence-electron chi connectivity index (χ4n) is 4.26. The molecule has 2 aromatic heterocycles. The summed E-state index contributed by atoms with van der Waals surface area (Å²) in [6.07, 6.45) is 7.47. The van der Waals surface area contributed by atoms with Gasteiger partial charge in [0.25, 0.3) is 0 Å². The van der Waals surface area contributed by atoms with Gasteiger partial charge in [0.1, 0.15) is 5.75 Å². The zero-order chi connectivity index (χ0) is 22.0. The van der Waals surface area contributed by atoms with Gasteiger partial charge in [0, 0.05) is 50.7 Å². The summed E-state index contributed by atoms with van der Waals surface area (Å²) in [6.45, 7) is 4.08. The molecule has 1 aliphatic heterocycles. The van der Waals surface area contributed by atoms with Crippen molar-refractivity contribution in [1.82, 2.24) is 24.6 Å². The molecule has 1 atom stereocenters. The Kier molecular flexibility index (Phi) is 6.23. The maximum Gasteiger partial charge on any atom is 0.225 e. The van der Waals surface area contributed by atoms with Crippen molar-refractivity contribution in [3.05, 3.63) is 53.6 Å². The lowest BCUT2D eigenvalue weighted by Crippen LogP contribution is -2.34. The molecule has 0 aliphatic carbocycles. The smallest absolute Gasteiger partial charge is 0.225 e. The molecular formula is C24H32N6O. The van der Waals surface area contributed by atoms with E-state index in [2.05, 4.69) is 34.0 Å². The molecule has 0 unspecified atom stereocenters. The first kappa shape index (κ1) is 21.3. The number of hydrogen-bond donors (Lipinski definition) is 0. The Bertz CT molecular complexity index is 1030. The summed E-state index contributed by atoms with van der Waals surface area (Å²) < 4.78 is 7.30. The average molecular weight is 421 g/mol. The topological polar surface area (TPSA) is 59.3 Å². The molecule has 7 heteroatoms. The first-order valence-corrected chi connectivity index (χ1v) is 10.9. The predicted octanol–water partition coefficient (Wildman–Crippen LogP) is 3.99. The molecule has 1 fully saturated rings. The predicted molar refractivity (Wildman–Crippen MR) is 123 cm³/mol. The van der Waals surface area contributed by atoms with Crippen molar-refractivity contribution in [3.63, 3.8) is 0 Å². The molecular weight excluding hydrogens is 388 g/mol. The Morgan fingerprint density at radius 1 is 1.13 bits per heavy atom. The van der Waals surface area contributed by atoms with E-state index >= 15 is 0 Å². The first-order chi connectivity index (χ1) is 15.0. The number of nitrogens with zero attached hydrogens (tertiary/aromatic N) is 6. The molecule has 1 aliphatic rings. The number of methoxy groups -OCH3 is 1. The number of benzene rings is 1. The molecule has 0 bridgehead atoms. The van der Waals surface area contributed by atoms with E-state index < -0.39 is 0 Å². The van der Waals surface area contributed by atoms with Crippen molar-refractivity contribution in [2.45, 2.75) is 38.8 Å². The van der Waals surface area contributed by atoms with Crippen molar-refractivity contribution in [3.8, 4) is 16.9 Å². The highest BCUT2D eigenvalue weighted by molar-refractivity contribution is 5.67. The standard InChI is InChI=1S/C24H32N6O/c1-17-19(14-26-29(17)4)16-30-13-7-6-8-22(30)23-21(15-25-24(27-23)28(2)3)18-9-11-20(31-5)12-10-18/h9-12,14-15,22H,6-8,13,16H2,1-5H3/t22-/m1/s1. The van der Waals surface area contributed by atoms with Crippen LogP contribution in [0.25, 0.3) is 11.1 Å². The van der Waals surface area contributed by atoms with Crippen LogP contribution in [0, 0.1) is 6.92 Å². The van der Waals surface area contributed by atoms with Gasteiger partial charge in [0.15, 0.2) is 0 Å². The van der Waals surface area contributed by atoms with Crippen LogP contribution in [-0.4, -0.2) is 52.4 Å². The molecule has 31 heavy (non-hydrogen) atoms. The summed E-state index contributed by atoms with van der Waals surface area (Å²) in [6, 6.07) is 8.42. The van der Waals surface area contributed by atoms with E-state index in [-0.39, 0.29) is 6.04 Å². The Labute approximate surface area is 184 Å². The molecule has 3 heterocycles. The monoisotopic (exact) mass is 420 g/mol. The highest BCUT2D eigenvalue weighted by Crippen LogP contribution is 2.37. The van der Waals surface area contributed by atoms with Crippen LogP contribution >= 0.6 is 0 Å². The largest absolute Gasteiger partial charge is 0.497 e. The highest BCUT2D eigenvalue weighted by Gasteiger charge is 2.29. The molecule has 7 nitrogen and oxygen atoms in total. The van der Waals surface area contributed by atoms with E-state index in [0.29, 0.717) is 0 Å². The molecule has 1 aromatic carbocycles. The van der Waals surface area contributed by atoms with Gasteiger partial charge in [-0.15, -0.1) is 0 Å². The minimum atomic E-state index is 0.243.